The third-order valence-corrected chi connectivity index (χ3v) is 5.77. The van der Waals surface area contributed by atoms with E-state index in [0.717, 1.165) is 18.3 Å². The summed E-state index contributed by atoms with van der Waals surface area (Å²) in [6.07, 6.45) is -9.93. The predicted octanol–water partition coefficient (Wildman–Crippen LogP) is 4.96. The van der Waals surface area contributed by atoms with Gasteiger partial charge < -0.3 is 10.0 Å². The maximum atomic E-state index is 13.4. The van der Waals surface area contributed by atoms with Gasteiger partial charge in [-0.2, -0.15) is 26.3 Å². The second-order valence-electron chi connectivity index (χ2n) is 7.92. The normalized spacial score (nSPS) is 24.8. The molecule has 1 saturated carbocycles. The molecule has 0 bridgehead atoms. The van der Waals surface area contributed by atoms with Crippen LogP contribution in [0.15, 0.2) is 29.3 Å². The first-order valence-corrected chi connectivity index (χ1v) is 9.46. The highest BCUT2D eigenvalue weighted by molar-refractivity contribution is 5.88. The average Bonchev–Trinajstić information content (AvgIpc) is 3.24. The number of hydrogen-bond donors (Lipinski definition) is 1. The Morgan fingerprint density at radius 1 is 1.20 bits per heavy atom. The molecule has 3 atom stereocenters. The summed E-state index contributed by atoms with van der Waals surface area (Å²) in [5.41, 5.74) is -4.06. The number of fused-ring (bicyclic) bond motifs is 2. The molecule has 1 fully saturated rings. The Bertz CT molecular complexity index is 1030. The largest absolute Gasteiger partial charge is 0.433 e. The molecule has 0 amide bonds. The first-order chi connectivity index (χ1) is 13.8. The van der Waals surface area contributed by atoms with E-state index in [1.807, 2.05) is 18.7 Å². The van der Waals surface area contributed by atoms with E-state index in [4.69, 9.17) is 0 Å². The van der Waals surface area contributed by atoms with E-state index in [-0.39, 0.29) is 29.1 Å². The van der Waals surface area contributed by atoms with Crippen LogP contribution in [0.25, 0.3) is 10.9 Å². The molecule has 1 aromatic carbocycles. The molecule has 2 aromatic rings. The Balaban J connectivity index is 1.81. The molecule has 30 heavy (non-hydrogen) atoms. The lowest BCUT2D eigenvalue weighted by Crippen LogP contribution is -2.34. The molecular formula is C20H19F6N3O. The number of nitrogens with zero attached hydrogens (tertiary/aromatic N) is 3. The highest BCUT2D eigenvalue weighted by atomic mass is 19.4. The highest BCUT2D eigenvalue weighted by Crippen LogP contribution is 2.49. The van der Waals surface area contributed by atoms with Crippen molar-refractivity contribution >= 4 is 16.7 Å². The van der Waals surface area contributed by atoms with Crippen LogP contribution < -0.4 is 0 Å². The zero-order chi connectivity index (χ0) is 22.1. The fraction of sp³-hybridized carbons (Fsp3) is 0.500. The van der Waals surface area contributed by atoms with Gasteiger partial charge in [0.05, 0.1) is 34.6 Å². The van der Waals surface area contributed by atoms with Gasteiger partial charge >= 0.3 is 12.4 Å². The quantitative estimate of drug-likeness (QED) is 0.697. The standard InChI is InChI=1S/C20H19F6N3O/c1-3-16-28-18(2)8-15(18)29(16)9-13(30)11-7-14(20(24,25)26)27-17-10(11)5-4-6-12(17)19(21,22)23/h4-7,13,15,30H,3,8-9H2,1-2H3. The van der Waals surface area contributed by atoms with Gasteiger partial charge in [-0.25, -0.2) is 4.98 Å². The van der Waals surface area contributed by atoms with E-state index >= 15 is 0 Å². The van der Waals surface area contributed by atoms with Crippen molar-refractivity contribution in [2.75, 3.05) is 6.54 Å². The van der Waals surface area contributed by atoms with Crippen molar-refractivity contribution in [3.05, 3.63) is 41.1 Å². The van der Waals surface area contributed by atoms with Gasteiger partial charge in [0.2, 0.25) is 0 Å². The molecule has 0 spiro atoms. The van der Waals surface area contributed by atoms with Crippen molar-refractivity contribution in [1.82, 2.24) is 9.88 Å². The Morgan fingerprint density at radius 2 is 1.90 bits per heavy atom. The number of hydrogen-bond acceptors (Lipinski definition) is 4. The minimum absolute atomic E-state index is 0.0445. The maximum Gasteiger partial charge on any atom is 0.433 e. The number of alkyl halides is 6. The second-order valence-corrected chi connectivity index (χ2v) is 7.92. The summed E-state index contributed by atoms with van der Waals surface area (Å²) in [6.45, 7) is 3.78. The average molecular weight is 431 g/mol. The Kier molecular flexibility index (Phi) is 4.57. The van der Waals surface area contributed by atoms with Gasteiger partial charge in [-0.05, 0) is 31.0 Å². The highest BCUT2D eigenvalue weighted by Gasteiger charge is 2.59. The van der Waals surface area contributed by atoms with Crippen LogP contribution in [0, 0.1) is 0 Å². The first kappa shape index (κ1) is 20.9. The zero-order valence-corrected chi connectivity index (χ0v) is 16.1. The molecule has 2 aliphatic rings. The van der Waals surface area contributed by atoms with Crippen LogP contribution in [0.5, 0.6) is 0 Å². The van der Waals surface area contributed by atoms with Gasteiger partial charge in [-0.15, -0.1) is 0 Å². The van der Waals surface area contributed by atoms with Crippen molar-refractivity contribution in [2.45, 2.75) is 56.7 Å². The molecule has 4 rings (SSSR count). The van der Waals surface area contributed by atoms with Crippen LogP contribution in [-0.2, 0) is 12.4 Å². The van der Waals surface area contributed by atoms with Crippen LogP contribution >= 0.6 is 0 Å². The molecule has 1 aliphatic carbocycles. The number of aliphatic imine (C=N–C) groups is 1. The number of pyridine rings is 1. The summed E-state index contributed by atoms with van der Waals surface area (Å²) >= 11 is 0. The summed E-state index contributed by atoms with van der Waals surface area (Å²) in [7, 11) is 0. The van der Waals surface area contributed by atoms with E-state index < -0.39 is 35.2 Å². The molecule has 1 aliphatic heterocycles. The lowest BCUT2D eigenvalue weighted by atomic mass is 9.99. The van der Waals surface area contributed by atoms with E-state index in [1.54, 1.807) is 0 Å². The molecule has 3 unspecified atom stereocenters. The summed E-state index contributed by atoms with van der Waals surface area (Å²) in [5, 5.41) is 10.7. The van der Waals surface area contributed by atoms with Crippen LogP contribution in [-0.4, -0.2) is 39.0 Å². The van der Waals surface area contributed by atoms with Crippen LogP contribution in [0.2, 0.25) is 0 Å². The van der Waals surface area contributed by atoms with E-state index in [2.05, 4.69) is 9.98 Å². The zero-order valence-electron chi connectivity index (χ0n) is 16.1. The van der Waals surface area contributed by atoms with Crippen molar-refractivity contribution in [3.8, 4) is 0 Å². The van der Waals surface area contributed by atoms with Gasteiger partial charge in [0.15, 0.2) is 0 Å². The van der Waals surface area contributed by atoms with Crippen LogP contribution in [0.3, 0.4) is 0 Å². The van der Waals surface area contributed by atoms with Gasteiger partial charge in [-0.1, -0.05) is 19.1 Å². The molecule has 1 aromatic heterocycles. The van der Waals surface area contributed by atoms with Crippen LogP contribution in [0.1, 0.15) is 49.6 Å². The lowest BCUT2D eigenvalue weighted by Gasteiger charge is -2.26. The Morgan fingerprint density at radius 3 is 2.50 bits per heavy atom. The van der Waals surface area contributed by atoms with Gasteiger partial charge in [0.1, 0.15) is 5.69 Å². The minimum Gasteiger partial charge on any atom is -0.387 e. The van der Waals surface area contributed by atoms with Gasteiger partial charge in [0.25, 0.3) is 0 Å². The van der Waals surface area contributed by atoms with Gasteiger partial charge in [-0.3, -0.25) is 4.99 Å². The Labute approximate surface area is 168 Å². The number of aliphatic hydroxyl groups excluding tert-OH is 1. The maximum absolute atomic E-state index is 13.4. The fourth-order valence-electron chi connectivity index (χ4n) is 4.16. The molecule has 10 heteroatoms. The fourth-order valence-corrected chi connectivity index (χ4v) is 4.16. The number of rotatable bonds is 4. The number of aromatic nitrogens is 1. The number of aliphatic hydroxyl groups is 1. The molecular weight excluding hydrogens is 412 g/mol. The molecule has 1 N–H and O–H groups in total. The van der Waals surface area contributed by atoms with Crippen LogP contribution in [0.4, 0.5) is 26.3 Å². The minimum atomic E-state index is -4.96. The number of benzene rings is 1. The Hall–Kier alpha value is -2.36. The summed E-state index contributed by atoms with van der Waals surface area (Å²) in [6, 6.07) is 3.71. The SMILES string of the molecule is CCC1=NC2(C)CC2N1CC(O)c1cc(C(F)(F)F)nc2c(C(F)(F)F)cccc12. The molecule has 4 nitrogen and oxygen atoms in total. The predicted molar refractivity (Wildman–Crippen MR) is 97.9 cm³/mol. The first-order valence-electron chi connectivity index (χ1n) is 9.46. The van der Waals surface area contributed by atoms with Gasteiger partial charge in [0, 0.05) is 18.4 Å². The topological polar surface area (TPSA) is 48.7 Å². The van der Waals surface area contributed by atoms with E-state index in [1.165, 1.54) is 6.07 Å². The summed E-state index contributed by atoms with van der Waals surface area (Å²) in [4.78, 5) is 9.70. The van der Waals surface area contributed by atoms with Crippen molar-refractivity contribution in [2.24, 2.45) is 4.99 Å². The van der Waals surface area contributed by atoms with Crippen molar-refractivity contribution in [1.29, 1.82) is 0 Å². The monoisotopic (exact) mass is 431 g/mol. The van der Waals surface area contributed by atoms with Crippen molar-refractivity contribution < 1.29 is 31.4 Å². The number of halogens is 6. The second kappa shape index (κ2) is 6.57. The third-order valence-electron chi connectivity index (χ3n) is 5.77. The van der Waals surface area contributed by atoms with E-state index in [9.17, 15) is 31.4 Å². The van der Waals surface area contributed by atoms with E-state index in [0.29, 0.717) is 18.6 Å². The molecule has 2 heterocycles. The number of para-hydroxylation sites is 1. The number of β-amino-alcohol motifs (C(OH)–C–C–N with tert-alkyl or cyclic N) is 1. The van der Waals surface area contributed by atoms with Crippen molar-refractivity contribution in [3.63, 3.8) is 0 Å². The lowest BCUT2D eigenvalue weighted by molar-refractivity contribution is -0.142. The third kappa shape index (κ3) is 3.40. The molecule has 0 saturated heterocycles. The molecule has 0 radical (unpaired) electrons. The summed E-state index contributed by atoms with van der Waals surface area (Å²) in [5.74, 6) is 0.734. The molecule has 162 valence electrons. The summed E-state index contributed by atoms with van der Waals surface area (Å²) < 4.78 is 80.3. The number of amidine groups is 1. The smallest absolute Gasteiger partial charge is 0.387 e.